The van der Waals surface area contributed by atoms with Crippen molar-refractivity contribution >= 4 is 22.4 Å². The molecule has 0 bridgehead atoms. The van der Waals surface area contributed by atoms with E-state index in [1.807, 2.05) is 36.4 Å². The van der Waals surface area contributed by atoms with Crippen molar-refractivity contribution < 1.29 is 14.3 Å². The van der Waals surface area contributed by atoms with Crippen molar-refractivity contribution in [1.82, 2.24) is 0 Å². The molecule has 0 spiro atoms. The minimum absolute atomic E-state index is 0.176. The van der Waals surface area contributed by atoms with Crippen molar-refractivity contribution in [2.75, 3.05) is 25.6 Å². The molecule has 4 heteroatoms. The van der Waals surface area contributed by atoms with Gasteiger partial charge in [0.1, 0.15) is 12.3 Å². The lowest BCUT2D eigenvalue weighted by Crippen LogP contribution is -2.16. The number of carbonyl (C=O) groups excluding carboxylic acids is 1. The third-order valence-corrected chi connectivity index (χ3v) is 2.79. The quantitative estimate of drug-likeness (QED) is 0.839. The number of methoxy groups -OCH3 is 1. The fraction of sp³-hybridized carbons (Fsp3) is 0.267. The van der Waals surface area contributed by atoms with Gasteiger partial charge in [-0.15, -0.1) is 0 Å². The Hall–Kier alpha value is -2.23. The second-order valence-corrected chi connectivity index (χ2v) is 4.09. The van der Waals surface area contributed by atoms with Crippen LogP contribution < -0.4 is 10.1 Å². The summed E-state index contributed by atoms with van der Waals surface area (Å²) in [5, 5.41) is 5.23. The molecule has 0 fully saturated rings. The van der Waals surface area contributed by atoms with E-state index < -0.39 is 0 Å². The lowest BCUT2D eigenvalue weighted by molar-refractivity contribution is -0.140. The summed E-state index contributed by atoms with van der Waals surface area (Å²) in [6.45, 7) is 2.37. The molecule has 0 heterocycles. The van der Waals surface area contributed by atoms with Gasteiger partial charge in [0.05, 0.1) is 13.7 Å². The highest BCUT2D eigenvalue weighted by atomic mass is 16.5. The van der Waals surface area contributed by atoms with Gasteiger partial charge in [0, 0.05) is 5.69 Å². The Kier molecular flexibility index (Phi) is 4.23. The molecule has 100 valence electrons. The lowest BCUT2D eigenvalue weighted by Gasteiger charge is -2.08. The number of carbonyl (C=O) groups is 1. The van der Waals surface area contributed by atoms with E-state index in [4.69, 9.17) is 9.47 Å². The van der Waals surface area contributed by atoms with E-state index in [1.54, 1.807) is 14.0 Å². The van der Waals surface area contributed by atoms with Gasteiger partial charge in [-0.3, -0.25) is 4.79 Å². The predicted molar refractivity (Wildman–Crippen MR) is 75.6 cm³/mol. The van der Waals surface area contributed by atoms with Gasteiger partial charge in [0.25, 0.3) is 0 Å². The summed E-state index contributed by atoms with van der Waals surface area (Å²) in [6, 6.07) is 11.8. The minimum Gasteiger partial charge on any atom is -0.497 e. The molecule has 0 aliphatic heterocycles. The van der Waals surface area contributed by atoms with Crippen LogP contribution in [0.3, 0.4) is 0 Å². The van der Waals surface area contributed by atoms with E-state index in [9.17, 15) is 4.79 Å². The summed E-state index contributed by atoms with van der Waals surface area (Å²) >= 11 is 0. The molecule has 0 unspecified atom stereocenters. The van der Waals surface area contributed by atoms with E-state index in [1.165, 1.54) is 0 Å². The van der Waals surface area contributed by atoms with E-state index in [2.05, 4.69) is 5.32 Å². The summed E-state index contributed by atoms with van der Waals surface area (Å²) in [7, 11) is 1.65. The molecule has 0 saturated heterocycles. The van der Waals surface area contributed by atoms with Crippen molar-refractivity contribution in [1.29, 1.82) is 0 Å². The van der Waals surface area contributed by atoms with E-state index in [0.717, 1.165) is 22.2 Å². The smallest absolute Gasteiger partial charge is 0.325 e. The molecule has 0 aliphatic carbocycles. The fourth-order valence-corrected chi connectivity index (χ4v) is 1.85. The van der Waals surface area contributed by atoms with Crippen molar-refractivity contribution in [3.05, 3.63) is 36.4 Å². The molecule has 0 radical (unpaired) electrons. The SMILES string of the molecule is CCOC(=O)CNc1ccc2cc(OC)ccc2c1. The molecule has 0 atom stereocenters. The molecule has 0 aliphatic rings. The van der Waals surface area contributed by atoms with E-state index in [0.29, 0.717) is 6.61 Å². The number of nitrogens with one attached hydrogen (secondary N) is 1. The highest BCUT2D eigenvalue weighted by molar-refractivity contribution is 5.87. The number of hydrogen-bond acceptors (Lipinski definition) is 4. The summed E-state index contributed by atoms with van der Waals surface area (Å²) in [6.07, 6.45) is 0. The summed E-state index contributed by atoms with van der Waals surface area (Å²) in [5.41, 5.74) is 0.894. The third-order valence-electron chi connectivity index (χ3n) is 2.79. The van der Waals surface area contributed by atoms with Crippen LogP contribution in [0.1, 0.15) is 6.92 Å². The number of anilines is 1. The number of benzene rings is 2. The zero-order chi connectivity index (χ0) is 13.7. The van der Waals surface area contributed by atoms with Gasteiger partial charge in [0.2, 0.25) is 0 Å². The highest BCUT2D eigenvalue weighted by Gasteiger charge is 2.02. The van der Waals surface area contributed by atoms with Gasteiger partial charge in [-0.2, -0.15) is 0 Å². The molecule has 0 amide bonds. The Morgan fingerprint density at radius 2 is 1.89 bits per heavy atom. The molecule has 19 heavy (non-hydrogen) atoms. The van der Waals surface area contributed by atoms with Gasteiger partial charge in [-0.1, -0.05) is 12.1 Å². The maximum absolute atomic E-state index is 11.3. The van der Waals surface area contributed by atoms with Crippen molar-refractivity contribution in [2.24, 2.45) is 0 Å². The summed E-state index contributed by atoms with van der Waals surface area (Å²) in [4.78, 5) is 11.3. The van der Waals surface area contributed by atoms with Crippen molar-refractivity contribution in [3.63, 3.8) is 0 Å². The van der Waals surface area contributed by atoms with Gasteiger partial charge in [-0.05, 0) is 42.0 Å². The first-order chi connectivity index (χ1) is 9.22. The summed E-state index contributed by atoms with van der Waals surface area (Å²) in [5.74, 6) is 0.581. The second-order valence-electron chi connectivity index (χ2n) is 4.09. The average Bonchev–Trinajstić information content (AvgIpc) is 2.44. The second kappa shape index (κ2) is 6.09. The van der Waals surface area contributed by atoms with Gasteiger partial charge < -0.3 is 14.8 Å². The Morgan fingerprint density at radius 3 is 2.63 bits per heavy atom. The molecule has 0 aromatic heterocycles. The van der Waals surface area contributed by atoms with Gasteiger partial charge in [0.15, 0.2) is 0 Å². The Labute approximate surface area is 112 Å². The predicted octanol–water partition coefficient (Wildman–Crippen LogP) is 2.82. The van der Waals surface area contributed by atoms with Crippen molar-refractivity contribution in [2.45, 2.75) is 6.92 Å². The van der Waals surface area contributed by atoms with Crippen LogP contribution in [0.5, 0.6) is 5.75 Å². The van der Waals surface area contributed by atoms with Crippen LogP contribution >= 0.6 is 0 Å². The average molecular weight is 259 g/mol. The fourth-order valence-electron chi connectivity index (χ4n) is 1.85. The number of fused-ring (bicyclic) bond motifs is 1. The van der Waals surface area contributed by atoms with Crippen molar-refractivity contribution in [3.8, 4) is 5.75 Å². The van der Waals surface area contributed by atoms with Crippen LogP contribution in [-0.2, 0) is 9.53 Å². The molecule has 1 N–H and O–H groups in total. The topological polar surface area (TPSA) is 47.6 Å². The molecular weight excluding hydrogens is 242 g/mol. The Morgan fingerprint density at radius 1 is 1.16 bits per heavy atom. The standard InChI is InChI=1S/C15H17NO3/c1-3-19-15(17)10-16-13-6-4-12-9-14(18-2)7-5-11(12)8-13/h4-9,16H,3,10H2,1-2H3. The van der Waals surface area contributed by atoms with Crippen LogP contribution in [-0.4, -0.2) is 26.2 Å². The molecule has 4 nitrogen and oxygen atoms in total. The van der Waals surface area contributed by atoms with E-state index >= 15 is 0 Å². The maximum Gasteiger partial charge on any atom is 0.325 e. The van der Waals surface area contributed by atoms with Gasteiger partial charge >= 0.3 is 5.97 Å². The molecule has 2 aromatic rings. The first-order valence-electron chi connectivity index (χ1n) is 6.20. The Bertz CT molecular complexity index is 581. The van der Waals surface area contributed by atoms with Crippen LogP contribution in [0.15, 0.2) is 36.4 Å². The minimum atomic E-state index is -0.252. The van der Waals surface area contributed by atoms with Gasteiger partial charge in [-0.25, -0.2) is 0 Å². The summed E-state index contributed by atoms with van der Waals surface area (Å²) < 4.78 is 10.0. The number of rotatable bonds is 5. The van der Waals surface area contributed by atoms with E-state index in [-0.39, 0.29) is 12.5 Å². The Balaban J connectivity index is 2.11. The lowest BCUT2D eigenvalue weighted by atomic mass is 10.1. The highest BCUT2D eigenvalue weighted by Crippen LogP contribution is 2.23. The van der Waals surface area contributed by atoms with Crippen LogP contribution in [0.25, 0.3) is 10.8 Å². The first kappa shape index (κ1) is 13.2. The molecule has 2 rings (SSSR count). The number of ether oxygens (including phenoxy) is 2. The maximum atomic E-state index is 11.3. The van der Waals surface area contributed by atoms with Crippen LogP contribution in [0.2, 0.25) is 0 Å². The zero-order valence-corrected chi connectivity index (χ0v) is 11.1. The number of esters is 1. The monoisotopic (exact) mass is 259 g/mol. The molecule has 0 saturated carbocycles. The largest absolute Gasteiger partial charge is 0.497 e. The molecular formula is C15H17NO3. The van der Waals surface area contributed by atoms with Crippen LogP contribution in [0.4, 0.5) is 5.69 Å². The normalized spacial score (nSPS) is 10.2. The molecule has 2 aromatic carbocycles. The van der Waals surface area contributed by atoms with Crippen LogP contribution in [0, 0.1) is 0 Å². The third kappa shape index (κ3) is 3.37. The first-order valence-corrected chi connectivity index (χ1v) is 6.20. The number of hydrogen-bond donors (Lipinski definition) is 1. The zero-order valence-electron chi connectivity index (χ0n) is 11.1.